The molecule has 2 aromatic rings. The molecule has 0 aromatic carbocycles. The highest BCUT2D eigenvalue weighted by Gasteiger charge is 2.21. The van der Waals surface area contributed by atoms with Crippen LogP contribution in [0.2, 0.25) is 0 Å². The number of carbonyl (C=O) groups excluding carboxylic acids is 1. The fraction of sp³-hybridized carbons (Fsp3) is 0.529. The van der Waals surface area contributed by atoms with Gasteiger partial charge in [-0.2, -0.15) is 0 Å². The van der Waals surface area contributed by atoms with Gasteiger partial charge in [0.15, 0.2) is 0 Å². The Morgan fingerprint density at radius 3 is 2.35 bits per heavy atom. The number of carbonyl (C=O) groups is 1. The van der Waals surface area contributed by atoms with Crippen LogP contribution in [-0.2, 0) is 4.79 Å². The van der Waals surface area contributed by atoms with E-state index < -0.39 is 0 Å². The number of aryl methyl sites for hydroxylation is 2. The third kappa shape index (κ3) is 3.25. The summed E-state index contributed by atoms with van der Waals surface area (Å²) in [6.07, 6.45) is 8.83. The monoisotopic (exact) mass is 313 g/mol. The molecule has 0 atom stereocenters. The van der Waals surface area contributed by atoms with Crippen molar-refractivity contribution in [3.8, 4) is 5.95 Å². The SMILES string of the molecule is Cc1nc(C)n(-c2ncc(NC(=O)C3CCCCC3)cn2)c1C. The zero-order valence-electron chi connectivity index (χ0n) is 14.0. The van der Waals surface area contributed by atoms with Crippen LogP contribution in [0.15, 0.2) is 12.4 Å². The number of hydrogen-bond donors (Lipinski definition) is 1. The van der Waals surface area contributed by atoms with Crippen LogP contribution in [0.1, 0.15) is 49.3 Å². The second-order valence-electron chi connectivity index (χ2n) is 6.26. The maximum absolute atomic E-state index is 12.3. The zero-order chi connectivity index (χ0) is 16.4. The highest BCUT2D eigenvalue weighted by Crippen LogP contribution is 2.24. The summed E-state index contributed by atoms with van der Waals surface area (Å²) in [5, 5.41) is 2.94. The Balaban J connectivity index is 1.73. The summed E-state index contributed by atoms with van der Waals surface area (Å²) in [5.74, 6) is 1.66. The van der Waals surface area contributed by atoms with Gasteiger partial charge in [-0.25, -0.2) is 15.0 Å². The van der Waals surface area contributed by atoms with Crippen molar-refractivity contribution < 1.29 is 4.79 Å². The second kappa shape index (κ2) is 6.48. The van der Waals surface area contributed by atoms with Crippen molar-refractivity contribution in [2.75, 3.05) is 5.32 Å². The zero-order valence-corrected chi connectivity index (χ0v) is 14.0. The lowest BCUT2D eigenvalue weighted by molar-refractivity contribution is -0.120. The third-order valence-corrected chi connectivity index (χ3v) is 4.59. The molecule has 0 radical (unpaired) electrons. The summed E-state index contributed by atoms with van der Waals surface area (Å²) in [4.78, 5) is 25.4. The van der Waals surface area contributed by atoms with Crippen molar-refractivity contribution in [3.63, 3.8) is 0 Å². The van der Waals surface area contributed by atoms with E-state index in [1.807, 2.05) is 25.3 Å². The molecule has 0 aliphatic heterocycles. The number of anilines is 1. The van der Waals surface area contributed by atoms with E-state index >= 15 is 0 Å². The summed E-state index contributed by atoms with van der Waals surface area (Å²) in [5.41, 5.74) is 2.65. The van der Waals surface area contributed by atoms with Crippen molar-refractivity contribution in [1.29, 1.82) is 0 Å². The van der Waals surface area contributed by atoms with E-state index in [1.165, 1.54) is 6.42 Å². The van der Waals surface area contributed by atoms with Crippen LogP contribution in [0.25, 0.3) is 5.95 Å². The van der Waals surface area contributed by atoms with Gasteiger partial charge in [0.2, 0.25) is 11.9 Å². The molecule has 2 aromatic heterocycles. The van der Waals surface area contributed by atoms with Crippen LogP contribution in [0, 0.1) is 26.7 Å². The number of nitrogens with one attached hydrogen (secondary N) is 1. The van der Waals surface area contributed by atoms with Gasteiger partial charge in [0, 0.05) is 11.6 Å². The van der Waals surface area contributed by atoms with Gasteiger partial charge < -0.3 is 5.32 Å². The second-order valence-corrected chi connectivity index (χ2v) is 6.26. The van der Waals surface area contributed by atoms with E-state index in [9.17, 15) is 4.79 Å². The summed E-state index contributed by atoms with van der Waals surface area (Å²) in [6, 6.07) is 0. The molecule has 6 nitrogen and oxygen atoms in total. The normalized spacial score (nSPS) is 15.6. The number of amides is 1. The minimum absolute atomic E-state index is 0.0897. The fourth-order valence-electron chi connectivity index (χ4n) is 3.18. The Labute approximate surface area is 136 Å². The van der Waals surface area contributed by atoms with Crippen molar-refractivity contribution in [2.45, 2.75) is 52.9 Å². The molecule has 122 valence electrons. The maximum atomic E-state index is 12.3. The third-order valence-electron chi connectivity index (χ3n) is 4.59. The Kier molecular flexibility index (Phi) is 4.41. The Morgan fingerprint density at radius 2 is 1.78 bits per heavy atom. The number of imidazole rings is 1. The highest BCUT2D eigenvalue weighted by molar-refractivity contribution is 5.92. The molecule has 23 heavy (non-hydrogen) atoms. The predicted octanol–water partition coefficient (Wildman–Crippen LogP) is 3.11. The molecular weight excluding hydrogens is 290 g/mol. The van der Waals surface area contributed by atoms with Gasteiger partial charge in [0.05, 0.1) is 23.8 Å². The molecule has 1 saturated carbocycles. The van der Waals surface area contributed by atoms with Gasteiger partial charge in [-0.05, 0) is 33.6 Å². The van der Waals surface area contributed by atoms with E-state index in [1.54, 1.807) is 12.4 Å². The number of nitrogens with zero attached hydrogens (tertiary/aromatic N) is 4. The van der Waals surface area contributed by atoms with Crippen LogP contribution in [0.5, 0.6) is 0 Å². The van der Waals surface area contributed by atoms with Crippen LogP contribution in [0.3, 0.4) is 0 Å². The molecule has 1 amide bonds. The van der Waals surface area contributed by atoms with Crippen molar-refractivity contribution in [1.82, 2.24) is 19.5 Å². The molecular formula is C17H23N5O. The lowest BCUT2D eigenvalue weighted by Crippen LogP contribution is -2.24. The number of hydrogen-bond acceptors (Lipinski definition) is 4. The van der Waals surface area contributed by atoms with Crippen LogP contribution in [0.4, 0.5) is 5.69 Å². The highest BCUT2D eigenvalue weighted by atomic mass is 16.1. The van der Waals surface area contributed by atoms with Gasteiger partial charge in [-0.15, -0.1) is 0 Å². The first-order chi connectivity index (χ1) is 11.1. The summed E-state index contributed by atoms with van der Waals surface area (Å²) >= 11 is 0. The first-order valence-corrected chi connectivity index (χ1v) is 8.22. The fourth-order valence-corrected chi connectivity index (χ4v) is 3.18. The van der Waals surface area contributed by atoms with E-state index in [0.717, 1.165) is 42.9 Å². The van der Waals surface area contributed by atoms with E-state index in [0.29, 0.717) is 11.6 Å². The molecule has 2 heterocycles. The average molecular weight is 313 g/mol. The van der Waals surface area contributed by atoms with Gasteiger partial charge in [0.1, 0.15) is 5.82 Å². The summed E-state index contributed by atoms with van der Waals surface area (Å²) in [6.45, 7) is 5.90. The van der Waals surface area contributed by atoms with Crippen LogP contribution >= 0.6 is 0 Å². The minimum atomic E-state index is 0.0897. The molecule has 6 heteroatoms. The number of aromatic nitrogens is 4. The smallest absolute Gasteiger partial charge is 0.235 e. The molecule has 1 fully saturated rings. The first kappa shape index (κ1) is 15.6. The van der Waals surface area contributed by atoms with Gasteiger partial charge in [0.25, 0.3) is 0 Å². The van der Waals surface area contributed by atoms with Crippen LogP contribution < -0.4 is 5.32 Å². The molecule has 1 aliphatic rings. The Hall–Kier alpha value is -2.24. The van der Waals surface area contributed by atoms with Crippen molar-refractivity contribution in [3.05, 3.63) is 29.6 Å². The summed E-state index contributed by atoms with van der Waals surface area (Å²) in [7, 11) is 0. The minimum Gasteiger partial charge on any atom is -0.323 e. The topological polar surface area (TPSA) is 72.7 Å². The Morgan fingerprint density at radius 1 is 1.13 bits per heavy atom. The average Bonchev–Trinajstić information content (AvgIpc) is 2.82. The van der Waals surface area contributed by atoms with E-state index in [4.69, 9.17) is 0 Å². The molecule has 3 rings (SSSR count). The van der Waals surface area contributed by atoms with Gasteiger partial charge in [-0.1, -0.05) is 19.3 Å². The summed E-state index contributed by atoms with van der Waals surface area (Å²) < 4.78 is 1.92. The molecule has 1 N–H and O–H groups in total. The standard InChI is InChI=1S/C17H23N5O/c1-11-12(2)22(13(3)20-11)17-18-9-15(10-19-17)21-16(23)14-7-5-4-6-8-14/h9-10,14H,4-8H2,1-3H3,(H,21,23). The number of rotatable bonds is 3. The van der Waals surface area contributed by atoms with Gasteiger partial charge >= 0.3 is 0 Å². The van der Waals surface area contributed by atoms with E-state index in [2.05, 4.69) is 20.3 Å². The first-order valence-electron chi connectivity index (χ1n) is 8.22. The Bertz CT molecular complexity index is 699. The maximum Gasteiger partial charge on any atom is 0.235 e. The molecule has 0 saturated heterocycles. The molecule has 0 spiro atoms. The molecule has 0 bridgehead atoms. The van der Waals surface area contributed by atoms with Gasteiger partial charge in [-0.3, -0.25) is 9.36 Å². The predicted molar refractivity (Wildman–Crippen MR) is 88.6 cm³/mol. The molecule has 0 unspecified atom stereocenters. The van der Waals surface area contributed by atoms with Crippen molar-refractivity contribution in [2.24, 2.45) is 5.92 Å². The van der Waals surface area contributed by atoms with E-state index in [-0.39, 0.29) is 11.8 Å². The largest absolute Gasteiger partial charge is 0.323 e. The lowest BCUT2D eigenvalue weighted by atomic mass is 9.89. The van der Waals surface area contributed by atoms with Crippen LogP contribution in [-0.4, -0.2) is 25.4 Å². The molecule has 1 aliphatic carbocycles. The van der Waals surface area contributed by atoms with Crippen molar-refractivity contribution >= 4 is 11.6 Å². The quantitative estimate of drug-likeness (QED) is 0.945. The lowest BCUT2D eigenvalue weighted by Gasteiger charge is -2.20.